The smallest absolute Gasteiger partial charge is 0.248 e. The van der Waals surface area contributed by atoms with Crippen LogP contribution in [0.15, 0.2) is 42.6 Å². The summed E-state index contributed by atoms with van der Waals surface area (Å²) in [4.78, 5) is 15.7. The van der Waals surface area contributed by atoms with Gasteiger partial charge in [-0.1, -0.05) is 25.1 Å². The summed E-state index contributed by atoms with van der Waals surface area (Å²) in [6, 6.07) is 11.3. The molecule has 0 unspecified atom stereocenters. The van der Waals surface area contributed by atoms with Crippen molar-refractivity contribution in [2.75, 3.05) is 0 Å². The molecule has 0 radical (unpaired) electrons. The van der Waals surface area contributed by atoms with Crippen LogP contribution >= 0.6 is 0 Å². The summed E-state index contributed by atoms with van der Waals surface area (Å²) in [5.41, 5.74) is 8.76. The minimum atomic E-state index is -0.389. The van der Waals surface area contributed by atoms with E-state index in [0.29, 0.717) is 5.56 Å². The summed E-state index contributed by atoms with van der Waals surface area (Å²) < 4.78 is 0. The predicted molar refractivity (Wildman–Crippen MR) is 67.6 cm³/mol. The lowest BCUT2D eigenvalue weighted by Gasteiger charge is -2.10. The molecule has 0 fully saturated rings. The van der Waals surface area contributed by atoms with Crippen LogP contribution < -0.4 is 5.73 Å². The number of hydrogen-bond donors (Lipinski definition) is 1. The molecule has 1 amide bonds. The fourth-order valence-electron chi connectivity index (χ4n) is 1.96. The van der Waals surface area contributed by atoms with Gasteiger partial charge in [0, 0.05) is 17.3 Å². The third-order valence-electron chi connectivity index (χ3n) is 2.74. The largest absolute Gasteiger partial charge is 0.366 e. The minimum Gasteiger partial charge on any atom is -0.366 e. The maximum atomic E-state index is 11.4. The number of nitrogens with two attached hydrogens (primary N) is 1. The van der Waals surface area contributed by atoms with E-state index in [1.165, 1.54) is 0 Å². The zero-order valence-corrected chi connectivity index (χ0v) is 9.68. The van der Waals surface area contributed by atoms with Crippen molar-refractivity contribution < 1.29 is 4.79 Å². The predicted octanol–water partition coefficient (Wildman–Crippen LogP) is 2.41. The van der Waals surface area contributed by atoms with E-state index in [-0.39, 0.29) is 5.91 Å². The van der Waals surface area contributed by atoms with Crippen molar-refractivity contribution in [3.63, 3.8) is 0 Å². The molecule has 0 aliphatic heterocycles. The Kier molecular flexibility index (Phi) is 3.19. The molecule has 0 bridgehead atoms. The number of rotatable bonds is 3. The van der Waals surface area contributed by atoms with Crippen LogP contribution in [0.3, 0.4) is 0 Å². The topological polar surface area (TPSA) is 56.0 Å². The molecular formula is C14H14N2O. The van der Waals surface area contributed by atoms with Crippen molar-refractivity contribution in [1.82, 2.24) is 4.98 Å². The third-order valence-corrected chi connectivity index (χ3v) is 2.74. The van der Waals surface area contributed by atoms with Gasteiger partial charge in [-0.05, 0) is 30.2 Å². The van der Waals surface area contributed by atoms with E-state index in [4.69, 9.17) is 5.73 Å². The van der Waals surface area contributed by atoms with Crippen molar-refractivity contribution in [3.8, 4) is 11.3 Å². The number of amides is 1. The Hall–Kier alpha value is -2.16. The number of benzene rings is 1. The number of nitrogens with zero attached hydrogens (tertiary/aromatic N) is 1. The van der Waals surface area contributed by atoms with Crippen LogP contribution in [0.5, 0.6) is 0 Å². The average molecular weight is 226 g/mol. The monoisotopic (exact) mass is 226 g/mol. The Morgan fingerprint density at radius 2 is 2.06 bits per heavy atom. The van der Waals surface area contributed by atoms with Crippen LogP contribution in [0, 0.1) is 0 Å². The van der Waals surface area contributed by atoms with Crippen LogP contribution in [0.25, 0.3) is 11.3 Å². The van der Waals surface area contributed by atoms with Crippen molar-refractivity contribution in [2.45, 2.75) is 13.3 Å². The van der Waals surface area contributed by atoms with Gasteiger partial charge in [0.05, 0.1) is 5.69 Å². The van der Waals surface area contributed by atoms with Gasteiger partial charge in [0.2, 0.25) is 5.91 Å². The molecule has 2 N–H and O–H groups in total. The zero-order chi connectivity index (χ0) is 12.3. The van der Waals surface area contributed by atoms with Crippen LogP contribution in [-0.4, -0.2) is 10.9 Å². The van der Waals surface area contributed by atoms with Gasteiger partial charge < -0.3 is 5.73 Å². The van der Waals surface area contributed by atoms with Gasteiger partial charge in [-0.2, -0.15) is 0 Å². The first-order valence-corrected chi connectivity index (χ1v) is 5.57. The van der Waals surface area contributed by atoms with E-state index in [2.05, 4.69) is 4.98 Å². The maximum Gasteiger partial charge on any atom is 0.248 e. The number of carbonyl (C=O) groups excluding carboxylic acids is 1. The molecule has 2 aromatic rings. The maximum absolute atomic E-state index is 11.4. The number of pyridine rings is 1. The Labute approximate surface area is 100 Å². The van der Waals surface area contributed by atoms with Crippen LogP contribution in [-0.2, 0) is 6.42 Å². The molecule has 1 aromatic heterocycles. The molecule has 0 atom stereocenters. The Morgan fingerprint density at radius 3 is 2.65 bits per heavy atom. The molecule has 2 rings (SSSR count). The van der Waals surface area contributed by atoms with E-state index in [0.717, 1.165) is 23.2 Å². The molecule has 86 valence electrons. The van der Waals surface area contributed by atoms with E-state index in [9.17, 15) is 4.79 Å². The summed E-state index contributed by atoms with van der Waals surface area (Å²) in [6.07, 6.45) is 2.50. The summed E-state index contributed by atoms with van der Waals surface area (Å²) in [5, 5.41) is 0. The highest BCUT2D eigenvalue weighted by atomic mass is 16.1. The number of hydrogen-bond acceptors (Lipinski definition) is 2. The first-order valence-electron chi connectivity index (χ1n) is 5.57. The van der Waals surface area contributed by atoms with Crippen LogP contribution in [0.1, 0.15) is 22.8 Å². The second-order valence-electron chi connectivity index (χ2n) is 3.76. The Balaban J connectivity index is 2.63. The van der Waals surface area contributed by atoms with Crippen molar-refractivity contribution in [3.05, 3.63) is 53.7 Å². The van der Waals surface area contributed by atoms with Crippen molar-refractivity contribution in [2.24, 2.45) is 5.73 Å². The van der Waals surface area contributed by atoms with Gasteiger partial charge in [-0.3, -0.25) is 9.78 Å². The van der Waals surface area contributed by atoms with Gasteiger partial charge in [0.1, 0.15) is 0 Å². The Bertz CT molecular complexity index is 535. The van der Waals surface area contributed by atoms with E-state index >= 15 is 0 Å². The quantitative estimate of drug-likeness (QED) is 0.873. The molecular weight excluding hydrogens is 212 g/mol. The van der Waals surface area contributed by atoms with E-state index in [1.807, 2.05) is 37.3 Å². The molecule has 0 aliphatic rings. The second-order valence-corrected chi connectivity index (χ2v) is 3.76. The summed E-state index contributed by atoms with van der Waals surface area (Å²) in [5.74, 6) is -0.389. The van der Waals surface area contributed by atoms with E-state index in [1.54, 1.807) is 12.3 Å². The SMILES string of the molecule is CCc1c(C(N)=O)cccc1-c1ccccn1. The fourth-order valence-corrected chi connectivity index (χ4v) is 1.96. The fraction of sp³-hybridized carbons (Fsp3) is 0.143. The molecule has 17 heavy (non-hydrogen) atoms. The van der Waals surface area contributed by atoms with Gasteiger partial charge in [0.15, 0.2) is 0 Å². The second kappa shape index (κ2) is 4.78. The molecule has 0 saturated heterocycles. The number of aromatic nitrogens is 1. The molecule has 1 heterocycles. The highest BCUT2D eigenvalue weighted by Gasteiger charge is 2.12. The lowest BCUT2D eigenvalue weighted by Crippen LogP contribution is -2.14. The number of primary amides is 1. The molecule has 0 saturated carbocycles. The first-order chi connectivity index (χ1) is 8.24. The molecule has 1 aromatic carbocycles. The number of carbonyl (C=O) groups is 1. The standard InChI is InChI=1S/C14H14N2O/c1-2-10-11(13-8-3-4-9-16-13)6-5-7-12(10)14(15)17/h3-9H,2H2,1H3,(H2,15,17). The molecule has 3 nitrogen and oxygen atoms in total. The van der Waals surface area contributed by atoms with Crippen LogP contribution in [0.2, 0.25) is 0 Å². The first kappa shape index (κ1) is 11.3. The zero-order valence-electron chi connectivity index (χ0n) is 9.68. The summed E-state index contributed by atoms with van der Waals surface area (Å²) in [7, 11) is 0. The van der Waals surface area contributed by atoms with Gasteiger partial charge in [-0.25, -0.2) is 0 Å². The summed E-state index contributed by atoms with van der Waals surface area (Å²) >= 11 is 0. The van der Waals surface area contributed by atoms with Crippen molar-refractivity contribution in [1.29, 1.82) is 0 Å². The summed E-state index contributed by atoms with van der Waals surface area (Å²) in [6.45, 7) is 2.01. The normalized spacial score (nSPS) is 10.2. The van der Waals surface area contributed by atoms with Crippen molar-refractivity contribution >= 4 is 5.91 Å². The molecule has 0 aliphatic carbocycles. The highest BCUT2D eigenvalue weighted by Crippen LogP contribution is 2.24. The van der Waals surface area contributed by atoms with Gasteiger partial charge in [0.25, 0.3) is 0 Å². The Morgan fingerprint density at radius 1 is 1.24 bits per heavy atom. The third kappa shape index (κ3) is 2.18. The van der Waals surface area contributed by atoms with Crippen LogP contribution in [0.4, 0.5) is 0 Å². The average Bonchev–Trinajstić information content (AvgIpc) is 2.38. The van der Waals surface area contributed by atoms with Gasteiger partial charge >= 0.3 is 0 Å². The van der Waals surface area contributed by atoms with Gasteiger partial charge in [-0.15, -0.1) is 0 Å². The lowest BCUT2D eigenvalue weighted by atomic mass is 9.96. The minimum absolute atomic E-state index is 0.389. The molecule has 3 heteroatoms. The lowest BCUT2D eigenvalue weighted by molar-refractivity contribution is 0.0999. The molecule has 0 spiro atoms. The van der Waals surface area contributed by atoms with E-state index < -0.39 is 0 Å². The highest BCUT2D eigenvalue weighted by molar-refractivity contribution is 5.96.